The van der Waals surface area contributed by atoms with Gasteiger partial charge >= 0.3 is 0 Å². The molecular weight excluding hydrogens is 285 g/mol. The Hall–Kier alpha value is -1.03. The molecule has 1 aliphatic rings. The molecule has 1 N–H and O–H groups in total. The van der Waals surface area contributed by atoms with Gasteiger partial charge in [-0.3, -0.25) is 4.79 Å². The van der Waals surface area contributed by atoms with E-state index in [1.165, 1.54) is 36.7 Å². The van der Waals surface area contributed by atoms with Crippen LogP contribution in [0.15, 0.2) is 29.2 Å². The lowest BCUT2D eigenvalue weighted by Crippen LogP contribution is -2.46. The second kappa shape index (κ2) is 7.30. The van der Waals surface area contributed by atoms with Crippen LogP contribution in [0.4, 0.5) is 4.39 Å². The summed E-state index contributed by atoms with van der Waals surface area (Å²) in [6, 6.07) is 6.58. The van der Waals surface area contributed by atoms with Gasteiger partial charge in [-0.1, -0.05) is 26.7 Å². The fourth-order valence-electron chi connectivity index (χ4n) is 2.86. The summed E-state index contributed by atoms with van der Waals surface area (Å²) in [4.78, 5) is 13.2. The number of hydrogen-bond acceptors (Lipinski definition) is 2. The Balaban J connectivity index is 1.88. The average molecular weight is 309 g/mol. The Morgan fingerprint density at radius 2 is 1.95 bits per heavy atom. The molecule has 1 aliphatic carbocycles. The van der Waals surface area contributed by atoms with E-state index in [-0.39, 0.29) is 23.0 Å². The molecule has 1 aromatic carbocycles. The lowest BCUT2D eigenvalue weighted by Gasteiger charge is -2.35. The monoisotopic (exact) mass is 309 g/mol. The molecule has 1 aromatic rings. The smallest absolute Gasteiger partial charge is 0.233 e. The lowest BCUT2D eigenvalue weighted by atomic mass is 9.78. The fraction of sp³-hybridized carbons (Fsp3) is 0.588. The predicted molar refractivity (Wildman–Crippen MR) is 85.8 cm³/mol. The van der Waals surface area contributed by atoms with Gasteiger partial charge in [-0.2, -0.15) is 0 Å². The first kappa shape index (κ1) is 16.3. The van der Waals surface area contributed by atoms with Gasteiger partial charge in [0.15, 0.2) is 0 Å². The Kier molecular flexibility index (Phi) is 5.68. The van der Waals surface area contributed by atoms with Crippen molar-refractivity contribution in [1.82, 2.24) is 5.32 Å². The molecule has 1 saturated carbocycles. The highest BCUT2D eigenvalue weighted by Crippen LogP contribution is 2.30. The molecule has 0 radical (unpaired) electrons. The first-order valence-corrected chi connectivity index (χ1v) is 8.58. The number of nitrogens with one attached hydrogen (secondary N) is 1. The van der Waals surface area contributed by atoms with Crippen LogP contribution in [-0.4, -0.2) is 17.2 Å². The summed E-state index contributed by atoms with van der Waals surface area (Å²) < 4.78 is 12.9. The van der Waals surface area contributed by atoms with Gasteiger partial charge in [-0.25, -0.2) is 4.39 Å². The molecule has 116 valence electrons. The molecule has 0 bridgehead atoms. The Morgan fingerprint density at radius 3 is 2.62 bits per heavy atom. The maximum atomic E-state index is 12.9. The average Bonchev–Trinajstić information content (AvgIpc) is 2.46. The van der Waals surface area contributed by atoms with Crippen molar-refractivity contribution >= 4 is 17.7 Å². The van der Waals surface area contributed by atoms with Crippen molar-refractivity contribution in [2.24, 2.45) is 11.8 Å². The van der Waals surface area contributed by atoms with Gasteiger partial charge < -0.3 is 5.32 Å². The zero-order valence-corrected chi connectivity index (χ0v) is 13.8. The third-order valence-corrected chi connectivity index (χ3v) is 5.64. The normalized spacial score (nSPS) is 27.1. The number of carbonyl (C=O) groups is 1. The minimum atomic E-state index is -0.249. The van der Waals surface area contributed by atoms with E-state index >= 15 is 0 Å². The molecule has 4 atom stereocenters. The summed E-state index contributed by atoms with van der Waals surface area (Å²) >= 11 is 1.47. The molecule has 1 amide bonds. The van der Waals surface area contributed by atoms with E-state index in [1.54, 1.807) is 12.1 Å². The van der Waals surface area contributed by atoms with Crippen LogP contribution in [0.25, 0.3) is 0 Å². The van der Waals surface area contributed by atoms with Crippen LogP contribution in [0.1, 0.15) is 40.0 Å². The minimum absolute atomic E-state index is 0.0790. The number of amides is 1. The second-order valence-corrected chi connectivity index (χ2v) is 7.51. The van der Waals surface area contributed by atoms with Gasteiger partial charge in [0.05, 0.1) is 5.25 Å². The summed E-state index contributed by atoms with van der Waals surface area (Å²) in [5, 5.41) is 3.03. The molecule has 0 heterocycles. The van der Waals surface area contributed by atoms with E-state index < -0.39 is 0 Å². The molecule has 0 saturated heterocycles. The zero-order valence-electron chi connectivity index (χ0n) is 12.9. The minimum Gasteiger partial charge on any atom is -0.352 e. The SMILES string of the molecule is C[C@H]1[C@H](C)CCC[C@H]1NC(=O)[C@H](C)Sc1ccc(F)cc1. The Labute approximate surface area is 130 Å². The summed E-state index contributed by atoms with van der Waals surface area (Å²) in [5.41, 5.74) is 0. The summed E-state index contributed by atoms with van der Waals surface area (Å²) in [6.07, 6.45) is 3.52. The molecule has 1 fully saturated rings. The number of thioether (sulfide) groups is 1. The standard InChI is InChI=1S/C17H24FNOS/c1-11-5-4-6-16(12(11)2)19-17(20)13(3)21-15-9-7-14(18)8-10-15/h7-13,16H,4-6H2,1-3H3,(H,19,20)/t11-,12+,13+,16-/m1/s1. The van der Waals surface area contributed by atoms with E-state index in [4.69, 9.17) is 0 Å². The molecule has 2 nitrogen and oxygen atoms in total. The van der Waals surface area contributed by atoms with Crippen molar-refractivity contribution in [3.05, 3.63) is 30.1 Å². The number of hydrogen-bond donors (Lipinski definition) is 1. The molecule has 21 heavy (non-hydrogen) atoms. The third kappa shape index (κ3) is 4.47. The number of benzene rings is 1. The molecule has 0 unspecified atom stereocenters. The largest absolute Gasteiger partial charge is 0.352 e. The summed E-state index contributed by atoms with van der Waals surface area (Å²) in [7, 11) is 0. The van der Waals surface area contributed by atoms with Crippen LogP contribution in [0, 0.1) is 17.7 Å². The van der Waals surface area contributed by atoms with Crippen LogP contribution in [0.3, 0.4) is 0 Å². The first-order valence-electron chi connectivity index (χ1n) is 7.70. The fourth-order valence-corrected chi connectivity index (χ4v) is 3.73. The summed E-state index contributed by atoms with van der Waals surface area (Å²) in [6.45, 7) is 6.40. The van der Waals surface area contributed by atoms with Crippen molar-refractivity contribution in [2.75, 3.05) is 0 Å². The lowest BCUT2D eigenvalue weighted by molar-refractivity contribution is -0.121. The number of rotatable bonds is 4. The predicted octanol–water partition coefficient (Wildman–Crippen LogP) is 4.25. The van der Waals surface area contributed by atoms with Gasteiger partial charge in [-0.15, -0.1) is 11.8 Å². The molecule has 4 heteroatoms. The van der Waals surface area contributed by atoms with Crippen molar-refractivity contribution in [3.8, 4) is 0 Å². The van der Waals surface area contributed by atoms with Crippen LogP contribution in [-0.2, 0) is 4.79 Å². The second-order valence-electron chi connectivity index (χ2n) is 6.10. The van der Waals surface area contributed by atoms with Gasteiger partial charge in [0.25, 0.3) is 0 Å². The first-order chi connectivity index (χ1) is 9.97. The van der Waals surface area contributed by atoms with Gasteiger partial charge in [-0.05, 0) is 49.4 Å². The van der Waals surface area contributed by atoms with E-state index in [9.17, 15) is 9.18 Å². The van der Waals surface area contributed by atoms with E-state index in [1.807, 2.05) is 6.92 Å². The maximum absolute atomic E-state index is 12.9. The highest BCUT2D eigenvalue weighted by atomic mass is 32.2. The van der Waals surface area contributed by atoms with Crippen molar-refractivity contribution in [1.29, 1.82) is 0 Å². The summed E-state index contributed by atoms with van der Waals surface area (Å²) in [5.74, 6) is 1.03. The van der Waals surface area contributed by atoms with Crippen LogP contribution < -0.4 is 5.32 Å². The van der Waals surface area contributed by atoms with Gasteiger partial charge in [0, 0.05) is 10.9 Å². The van der Waals surface area contributed by atoms with Crippen LogP contribution in [0.5, 0.6) is 0 Å². The third-order valence-electron chi connectivity index (χ3n) is 4.53. The molecule has 0 aromatic heterocycles. The highest BCUT2D eigenvalue weighted by molar-refractivity contribution is 8.00. The number of halogens is 1. The van der Waals surface area contributed by atoms with Gasteiger partial charge in [0.2, 0.25) is 5.91 Å². The Bertz CT molecular complexity index is 476. The van der Waals surface area contributed by atoms with E-state index in [2.05, 4.69) is 19.2 Å². The van der Waals surface area contributed by atoms with E-state index in [0.29, 0.717) is 11.8 Å². The molecule has 0 aliphatic heterocycles. The topological polar surface area (TPSA) is 29.1 Å². The van der Waals surface area contributed by atoms with Crippen molar-refractivity contribution < 1.29 is 9.18 Å². The quantitative estimate of drug-likeness (QED) is 0.843. The maximum Gasteiger partial charge on any atom is 0.233 e. The molecule has 0 spiro atoms. The van der Waals surface area contributed by atoms with Crippen LogP contribution in [0.2, 0.25) is 0 Å². The molecular formula is C17H24FNOS. The van der Waals surface area contributed by atoms with Gasteiger partial charge in [0.1, 0.15) is 5.82 Å². The number of carbonyl (C=O) groups excluding carboxylic acids is 1. The van der Waals surface area contributed by atoms with Crippen molar-refractivity contribution in [2.45, 2.75) is 56.2 Å². The highest BCUT2D eigenvalue weighted by Gasteiger charge is 2.29. The van der Waals surface area contributed by atoms with E-state index in [0.717, 1.165) is 11.3 Å². The zero-order chi connectivity index (χ0) is 15.4. The van der Waals surface area contributed by atoms with Crippen molar-refractivity contribution in [3.63, 3.8) is 0 Å². The van der Waals surface area contributed by atoms with Crippen LogP contribution >= 0.6 is 11.8 Å². The molecule has 2 rings (SSSR count). The Morgan fingerprint density at radius 1 is 1.29 bits per heavy atom.